The minimum absolute atomic E-state index is 0. The second kappa shape index (κ2) is 9.51. The zero-order chi connectivity index (χ0) is 11.8. The summed E-state index contributed by atoms with van der Waals surface area (Å²) < 4.78 is 62.2. The fraction of sp³-hybridized carbons (Fsp3) is 1.00. The van der Waals surface area contributed by atoms with Crippen LogP contribution >= 0.6 is 0 Å². The van der Waals surface area contributed by atoms with Crippen LogP contribution in [-0.2, 0) is 48.6 Å². The summed E-state index contributed by atoms with van der Waals surface area (Å²) in [5.74, 6) is 0. The van der Waals surface area contributed by atoms with Crippen molar-refractivity contribution in [3.63, 3.8) is 0 Å². The number of hydrogen-bond donors (Lipinski definition) is 2. The predicted octanol–water partition coefficient (Wildman–Crippen LogP) is -3.18. The standard InChI is InChI=1S/2CH4O5S.Zn/c2*2-1-6-7(3,4)5;/h2*2H,1H2,(H,3,4,5);/q;;+2/p-2. The van der Waals surface area contributed by atoms with Gasteiger partial charge < -0.3 is 19.3 Å². The third-order valence-corrected chi connectivity index (χ3v) is 1.18. The predicted molar refractivity (Wildman–Crippen MR) is 35.7 cm³/mol. The second-order valence-corrected chi connectivity index (χ2v) is 3.41. The third-order valence-electron chi connectivity index (χ3n) is 0.394. The second-order valence-electron chi connectivity index (χ2n) is 1.31. The van der Waals surface area contributed by atoms with Gasteiger partial charge in [-0.25, -0.2) is 16.8 Å². The fourth-order valence-corrected chi connectivity index (χ4v) is 0.387. The first-order valence-electron chi connectivity index (χ1n) is 2.54. The van der Waals surface area contributed by atoms with E-state index in [0.717, 1.165) is 0 Å². The van der Waals surface area contributed by atoms with E-state index >= 15 is 0 Å². The Morgan fingerprint density at radius 3 is 1.07 bits per heavy atom. The molecule has 0 amide bonds. The number of aliphatic hydroxyl groups excluding tert-OH is 2. The van der Waals surface area contributed by atoms with Gasteiger partial charge in [0.05, 0.1) is 0 Å². The monoisotopic (exact) mass is 318 g/mol. The molecule has 0 spiro atoms. The van der Waals surface area contributed by atoms with Crippen molar-refractivity contribution in [2.24, 2.45) is 0 Å². The van der Waals surface area contributed by atoms with Crippen molar-refractivity contribution in [1.82, 2.24) is 0 Å². The largest absolute Gasteiger partial charge is 2.00 e. The summed E-state index contributed by atoms with van der Waals surface area (Å²) in [5.41, 5.74) is 0. The molecule has 0 saturated heterocycles. The van der Waals surface area contributed by atoms with Gasteiger partial charge in [-0.2, -0.15) is 0 Å². The van der Waals surface area contributed by atoms with Crippen LogP contribution in [0.1, 0.15) is 0 Å². The molecule has 0 atom stereocenters. The van der Waals surface area contributed by atoms with Crippen molar-refractivity contribution >= 4 is 20.8 Å². The van der Waals surface area contributed by atoms with E-state index in [1.165, 1.54) is 0 Å². The van der Waals surface area contributed by atoms with Gasteiger partial charge in [-0.05, 0) is 0 Å². The first-order valence-corrected chi connectivity index (χ1v) is 5.21. The Labute approximate surface area is 98.5 Å². The zero-order valence-corrected chi connectivity index (χ0v) is 11.7. The summed E-state index contributed by atoms with van der Waals surface area (Å²) >= 11 is 0. The SMILES string of the molecule is O=S(=O)([O-])OCO.O=S(=O)([O-])OCO.[Zn+2]. The first kappa shape index (κ1) is 20.7. The Morgan fingerprint density at radius 2 is 1.07 bits per heavy atom. The number of rotatable bonds is 4. The van der Waals surface area contributed by atoms with E-state index in [1.54, 1.807) is 0 Å². The minimum atomic E-state index is -4.67. The molecule has 13 heteroatoms. The summed E-state index contributed by atoms with van der Waals surface area (Å²) in [6.45, 7) is -2.18. The molecule has 10 nitrogen and oxygen atoms in total. The van der Waals surface area contributed by atoms with Crippen molar-refractivity contribution in [2.75, 3.05) is 13.6 Å². The van der Waals surface area contributed by atoms with Crippen LogP contribution in [0.5, 0.6) is 0 Å². The molecule has 2 N–H and O–H groups in total. The molecule has 0 bridgehead atoms. The molecule has 88 valence electrons. The maximum Gasteiger partial charge on any atom is 2.00 e. The van der Waals surface area contributed by atoms with Crippen LogP contribution < -0.4 is 0 Å². The van der Waals surface area contributed by atoms with Crippen LogP contribution in [0, 0.1) is 0 Å². The molecule has 0 radical (unpaired) electrons. The summed E-state index contributed by atoms with van der Waals surface area (Å²) in [6.07, 6.45) is 0. The summed E-state index contributed by atoms with van der Waals surface area (Å²) in [6, 6.07) is 0. The number of hydrogen-bond acceptors (Lipinski definition) is 10. The van der Waals surface area contributed by atoms with Gasteiger partial charge in [0.25, 0.3) is 0 Å². The molecule has 0 aromatic rings. The third kappa shape index (κ3) is 31.4. The number of aliphatic hydroxyl groups is 2. The molecule has 15 heavy (non-hydrogen) atoms. The van der Waals surface area contributed by atoms with Gasteiger partial charge in [-0.1, -0.05) is 0 Å². The molecule has 0 unspecified atom stereocenters. The van der Waals surface area contributed by atoms with Crippen molar-refractivity contribution < 1.29 is 64.0 Å². The average Bonchev–Trinajstić information content (AvgIpc) is 1.81. The Morgan fingerprint density at radius 1 is 0.867 bits per heavy atom. The summed E-state index contributed by atoms with van der Waals surface area (Å²) in [5, 5.41) is 15.2. The molecule has 0 saturated carbocycles. The molecular weight excluding hydrogens is 314 g/mol. The van der Waals surface area contributed by atoms with Crippen molar-refractivity contribution in [1.29, 1.82) is 0 Å². The Bertz CT molecular complexity index is 281. The van der Waals surface area contributed by atoms with Crippen LogP contribution in [0.15, 0.2) is 0 Å². The molecule has 0 aliphatic carbocycles. The molecular formula is C2H6O10S2Zn. The molecule has 0 aliphatic heterocycles. The van der Waals surface area contributed by atoms with Gasteiger partial charge in [0.1, 0.15) is 0 Å². The van der Waals surface area contributed by atoms with Crippen LogP contribution in [0.4, 0.5) is 0 Å². The summed E-state index contributed by atoms with van der Waals surface area (Å²) in [4.78, 5) is 0. The van der Waals surface area contributed by atoms with E-state index in [-0.39, 0.29) is 19.5 Å². The van der Waals surface area contributed by atoms with E-state index in [0.29, 0.717) is 0 Å². The van der Waals surface area contributed by atoms with Gasteiger partial charge in [0.2, 0.25) is 20.8 Å². The smallest absolute Gasteiger partial charge is 0.725 e. The summed E-state index contributed by atoms with van der Waals surface area (Å²) in [7, 11) is -9.35. The van der Waals surface area contributed by atoms with Gasteiger partial charge in [-0.15, -0.1) is 0 Å². The Kier molecular flexibility index (Phi) is 13.1. The van der Waals surface area contributed by atoms with E-state index in [4.69, 9.17) is 10.2 Å². The van der Waals surface area contributed by atoms with E-state index in [1.807, 2.05) is 0 Å². The molecule has 0 rings (SSSR count). The van der Waals surface area contributed by atoms with Gasteiger partial charge in [0, 0.05) is 0 Å². The van der Waals surface area contributed by atoms with Crippen LogP contribution in [0.25, 0.3) is 0 Å². The van der Waals surface area contributed by atoms with Crippen LogP contribution in [-0.4, -0.2) is 49.7 Å². The first-order chi connectivity index (χ1) is 6.12. The molecule has 0 fully saturated rings. The Hall–Kier alpha value is 0.283. The van der Waals surface area contributed by atoms with Gasteiger partial charge in [0.15, 0.2) is 13.6 Å². The quantitative estimate of drug-likeness (QED) is 0.233. The Balaban J connectivity index is -0.000000180. The van der Waals surface area contributed by atoms with E-state index < -0.39 is 34.4 Å². The maximum atomic E-state index is 9.29. The molecule has 0 aromatic heterocycles. The van der Waals surface area contributed by atoms with Gasteiger partial charge >= 0.3 is 19.5 Å². The van der Waals surface area contributed by atoms with Crippen LogP contribution in [0.2, 0.25) is 0 Å². The van der Waals surface area contributed by atoms with Crippen molar-refractivity contribution in [2.45, 2.75) is 0 Å². The normalized spacial score (nSPS) is 10.9. The molecule has 0 heterocycles. The molecule has 0 aliphatic rings. The van der Waals surface area contributed by atoms with Gasteiger partial charge in [-0.3, -0.25) is 8.37 Å². The fourth-order valence-electron chi connectivity index (χ4n) is 0.129. The van der Waals surface area contributed by atoms with Crippen molar-refractivity contribution in [3.8, 4) is 0 Å². The maximum absolute atomic E-state index is 9.29. The van der Waals surface area contributed by atoms with Crippen LogP contribution in [0.3, 0.4) is 0 Å². The zero-order valence-electron chi connectivity index (χ0n) is 7.10. The molecule has 0 aromatic carbocycles. The minimum Gasteiger partial charge on any atom is -0.725 e. The topological polar surface area (TPSA) is 173 Å². The van der Waals surface area contributed by atoms with Crippen molar-refractivity contribution in [3.05, 3.63) is 0 Å². The van der Waals surface area contributed by atoms with E-state index in [9.17, 15) is 25.9 Å². The average molecular weight is 320 g/mol. The van der Waals surface area contributed by atoms with E-state index in [2.05, 4.69) is 8.37 Å².